The number of methoxy groups -OCH3 is 3. The molecule has 0 radical (unpaired) electrons. The highest BCUT2D eigenvalue weighted by Gasteiger charge is 2.25. The third-order valence-corrected chi connectivity index (χ3v) is 6.59. The van der Waals surface area contributed by atoms with Crippen molar-refractivity contribution < 1.29 is 32.2 Å². The molecule has 176 valence electrons. The molecule has 2 aromatic rings. The second kappa shape index (κ2) is 11.1. The summed E-state index contributed by atoms with van der Waals surface area (Å²) in [5.41, 5.74) is 0.743. The average Bonchev–Trinajstić information content (AvgIpc) is 2.78. The van der Waals surface area contributed by atoms with Gasteiger partial charge in [-0.1, -0.05) is 0 Å². The normalized spacial score (nSPS) is 11.2. The van der Waals surface area contributed by atoms with Crippen molar-refractivity contribution in [2.75, 3.05) is 48.6 Å². The summed E-state index contributed by atoms with van der Waals surface area (Å²) in [5.74, 6) is 1.61. The number of sulfonamides is 1. The largest absolute Gasteiger partial charge is 0.494 e. The number of amides is 1. The van der Waals surface area contributed by atoms with Gasteiger partial charge in [0.05, 0.1) is 39.4 Å². The molecular weight excluding hydrogens is 436 g/mol. The predicted octanol–water partition coefficient (Wildman–Crippen LogP) is 2.39. The van der Waals surface area contributed by atoms with Gasteiger partial charge in [-0.25, -0.2) is 8.42 Å². The quantitative estimate of drug-likeness (QED) is 0.502. The van der Waals surface area contributed by atoms with Crippen molar-refractivity contribution >= 4 is 15.9 Å². The lowest BCUT2D eigenvalue weighted by molar-refractivity contribution is -0.130. The zero-order valence-corrected chi connectivity index (χ0v) is 20.1. The van der Waals surface area contributed by atoms with E-state index in [4.69, 9.17) is 18.9 Å². The van der Waals surface area contributed by atoms with E-state index in [-0.39, 0.29) is 23.9 Å². The number of rotatable bonds is 11. The highest BCUT2D eigenvalue weighted by molar-refractivity contribution is 7.89. The second-order valence-electron chi connectivity index (χ2n) is 6.95. The Bertz CT molecular complexity index is 998. The molecule has 2 rings (SSSR count). The predicted molar refractivity (Wildman–Crippen MR) is 120 cm³/mol. The molecule has 0 fully saturated rings. The minimum Gasteiger partial charge on any atom is -0.494 e. The van der Waals surface area contributed by atoms with Gasteiger partial charge in [-0.15, -0.1) is 0 Å². The van der Waals surface area contributed by atoms with Gasteiger partial charge in [-0.3, -0.25) is 4.79 Å². The number of carbonyl (C=O) groups is 1. The fourth-order valence-corrected chi connectivity index (χ4v) is 4.16. The third-order valence-electron chi connectivity index (χ3n) is 4.77. The van der Waals surface area contributed by atoms with Crippen LogP contribution in [0.4, 0.5) is 0 Å². The Labute approximate surface area is 189 Å². The SMILES string of the molecule is CCOc1ccc(S(=O)(=O)N(C)CC(=O)N(C)Cc2cc(OC)c(OC)c(OC)c2)cc1. The second-order valence-corrected chi connectivity index (χ2v) is 8.99. The van der Waals surface area contributed by atoms with Crippen molar-refractivity contribution in [3.05, 3.63) is 42.0 Å². The zero-order chi connectivity index (χ0) is 23.9. The van der Waals surface area contributed by atoms with Crippen LogP contribution in [0.25, 0.3) is 0 Å². The van der Waals surface area contributed by atoms with Crippen LogP contribution in [-0.2, 0) is 21.4 Å². The highest BCUT2D eigenvalue weighted by atomic mass is 32.2. The summed E-state index contributed by atoms with van der Waals surface area (Å²) in [5, 5.41) is 0. The van der Waals surface area contributed by atoms with Gasteiger partial charge in [0.15, 0.2) is 11.5 Å². The van der Waals surface area contributed by atoms with E-state index in [0.717, 1.165) is 9.87 Å². The minimum absolute atomic E-state index is 0.0866. The molecule has 0 aliphatic carbocycles. The molecule has 0 unspecified atom stereocenters. The van der Waals surface area contributed by atoms with Gasteiger partial charge >= 0.3 is 0 Å². The molecule has 0 aromatic heterocycles. The van der Waals surface area contributed by atoms with E-state index in [2.05, 4.69) is 0 Å². The zero-order valence-electron chi connectivity index (χ0n) is 19.2. The summed E-state index contributed by atoms with van der Waals surface area (Å²) in [6.07, 6.45) is 0. The van der Waals surface area contributed by atoms with E-state index in [9.17, 15) is 13.2 Å². The Kier molecular flexibility index (Phi) is 8.73. The lowest BCUT2D eigenvalue weighted by atomic mass is 10.1. The summed E-state index contributed by atoms with van der Waals surface area (Å²) >= 11 is 0. The molecule has 32 heavy (non-hydrogen) atoms. The topological polar surface area (TPSA) is 94.6 Å². The molecule has 0 N–H and O–H groups in total. The summed E-state index contributed by atoms with van der Waals surface area (Å²) in [7, 11) is 3.67. The van der Waals surface area contributed by atoms with Crippen LogP contribution in [0.15, 0.2) is 41.3 Å². The maximum atomic E-state index is 12.8. The van der Waals surface area contributed by atoms with Gasteiger partial charge in [0.25, 0.3) is 0 Å². The first-order valence-electron chi connectivity index (χ1n) is 9.89. The molecular formula is C22H30N2O7S. The van der Waals surface area contributed by atoms with Crippen LogP contribution in [-0.4, -0.2) is 72.1 Å². The molecule has 0 heterocycles. The van der Waals surface area contributed by atoms with Gasteiger partial charge < -0.3 is 23.8 Å². The summed E-state index contributed by atoms with van der Waals surface area (Å²) in [6.45, 7) is 2.25. The van der Waals surface area contributed by atoms with Gasteiger partial charge in [0, 0.05) is 20.6 Å². The Morgan fingerprint density at radius 1 is 0.938 bits per heavy atom. The van der Waals surface area contributed by atoms with Crippen molar-refractivity contribution in [3.8, 4) is 23.0 Å². The number of hydrogen-bond acceptors (Lipinski definition) is 7. The highest BCUT2D eigenvalue weighted by Crippen LogP contribution is 2.38. The van der Waals surface area contributed by atoms with Gasteiger partial charge in [0.2, 0.25) is 21.7 Å². The Hall–Kier alpha value is -2.98. The first-order chi connectivity index (χ1) is 15.2. The Morgan fingerprint density at radius 2 is 1.50 bits per heavy atom. The van der Waals surface area contributed by atoms with Crippen molar-refractivity contribution in [1.29, 1.82) is 0 Å². The Morgan fingerprint density at radius 3 is 1.97 bits per heavy atom. The first-order valence-corrected chi connectivity index (χ1v) is 11.3. The Balaban J connectivity index is 2.11. The molecule has 0 spiro atoms. The van der Waals surface area contributed by atoms with E-state index in [1.165, 1.54) is 45.4 Å². The molecule has 0 atom stereocenters. The van der Waals surface area contributed by atoms with Crippen molar-refractivity contribution in [2.45, 2.75) is 18.4 Å². The maximum absolute atomic E-state index is 12.8. The fourth-order valence-electron chi connectivity index (χ4n) is 3.04. The van der Waals surface area contributed by atoms with Crippen LogP contribution in [0.5, 0.6) is 23.0 Å². The van der Waals surface area contributed by atoms with Gasteiger partial charge in [0.1, 0.15) is 5.75 Å². The average molecular weight is 467 g/mol. The van der Waals surface area contributed by atoms with Crippen molar-refractivity contribution in [1.82, 2.24) is 9.21 Å². The smallest absolute Gasteiger partial charge is 0.243 e. The van der Waals surface area contributed by atoms with E-state index >= 15 is 0 Å². The van der Waals surface area contributed by atoms with E-state index in [1.807, 2.05) is 6.92 Å². The van der Waals surface area contributed by atoms with Crippen LogP contribution in [0.2, 0.25) is 0 Å². The molecule has 0 aliphatic heterocycles. The molecule has 0 aliphatic rings. The lowest BCUT2D eigenvalue weighted by Gasteiger charge is -2.23. The molecule has 0 saturated heterocycles. The lowest BCUT2D eigenvalue weighted by Crippen LogP contribution is -2.39. The monoisotopic (exact) mass is 466 g/mol. The van der Waals surface area contributed by atoms with Crippen LogP contribution < -0.4 is 18.9 Å². The number of likely N-dealkylation sites (N-methyl/N-ethyl adjacent to an activating group) is 2. The van der Waals surface area contributed by atoms with Crippen LogP contribution in [0.3, 0.4) is 0 Å². The number of ether oxygens (including phenoxy) is 4. The van der Waals surface area contributed by atoms with Crippen LogP contribution >= 0.6 is 0 Å². The third kappa shape index (κ3) is 5.83. The molecule has 10 heteroatoms. The summed E-state index contributed by atoms with van der Waals surface area (Å²) < 4.78 is 48.0. The van der Waals surface area contributed by atoms with Gasteiger partial charge in [-0.05, 0) is 48.9 Å². The van der Waals surface area contributed by atoms with Gasteiger partial charge in [-0.2, -0.15) is 4.31 Å². The van der Waals surface area contributed by atoms with E-state index in [1.54, 1.807) is 31.3 Å². The summed E-state index contributed by atoms with van der Waals surface area (Å²) in [4.78, 5) is 14.2. The van der Waals surface area contributed by atoms with Crippen molar-refractivity contribution in [3.63, 3.8) is 0 Å². The fraction of sp³-hybridized carbons (Fsp3) is 0.409. The van der Waals surface area contributed by atoms with E-state index in [0.29, 0.717) is 29.6 Å². The molecule has 0 saturated carbocycles. The number of nitrogens with zero attached hydrogens (tertiary/aromatic N) is 2. The van der Waals surface area contributed by atoms with Crippen LogP contribution in [0, 0.1) is 0 Å². The van der Waals surface area contributed by atoms with E-state index < -0.39 is 10.0 Å². The molecule has 0 bridgehead atoms. The summed E-state index contributed by atoms with van der Waals surface area (Å²) in [6, 6.07) is 9.57. The van der Waals surface area contributed by atoms with Crippen molar-refractivity contribution in [2.24, 2.45) is 0 Å². The number of carbonyl (C=O) groups excluding carboxylic acids is 1. The molecule has 1 amide bonds. The standard InChI is InChI=1S/C22H30N2O7S/c1-7-31-17-8-10-18(11-9-17)32(26,27)24(3)15-21(25)23(2)14-16-12-19(28-4)22(30-6)20(13-16)29-5/h8-13H,7,14-15H2,1-6H3. The number of benzene rings is 2. The molecule has 2 aromatic carbocycles. The maximum Gasteiger partial charge on any atom is 0.243 e. The van der Waals surface area contributed by atoms with Crippen LogP contribution in [0.1, 0.15) is 12.5 Å². The minimum atomic E-state index is -3.83. The number of hydrogen-bond donors (Lipinski definition) is 0. The first kappa shape index (κ1) is 25.3. The molecule has 9 nitrogen and oxygen atoms in total.